The number of sulfonamides is 1. The molecule has 1 aliphatic rings. The predicted octanol–water partition coefficient (Wildman–Crippen LogP) is 1.75. The summed E-state index contributed by atoms with van der Waals surface area (Å²) in [5.41, 5.74) is -0.357. The first-order valence-corrected chi connectivity index (χ1v) is 9.64. The van der Waals surface area contributed by atoms with Gasteiger partial charge in [-0.05, 0) is 32.0 Å². The zero-order chi connectivity index (χ0) is 17.1. The molecular formula is C15H21BrN2O4S. The van der Waals surface area contributed by atoms with Crippen molar-refractivity contribution in [2.24, 2.45) is 0 Å². The highest BCUT2D eigenvalue weighted by molar-refractivity contribution is 9.10. The van der Waals surface area contributed by atoms with Crippen molar-refractivity contribution in [1.82, 2.24) is 9.62 Å². The average molecular weight is 405 g/mol. The molecule has 0 aliphatic carbocycles. The Balaban J connectivity index is 1.88. The van der Waals surface area contributed by atoms with Crippen molar-refractivity contribution in [2.75, 3.05) is 26.2 Å². The number of halogens is 1. The van der Waals surface area contributed by atoms with E-state index >= 15 is 0 Å². The van der Waals surface area contributed by atoms with Gasteiger partial charge in [-0.15, -0.1) is 0 Å². The quantitative estimate of drug-likeness (QED) is 0.810. The Bertz CT molecular complexity index is 676. The first-order chi connectivity index (χ1) is 10.7. The lowest BCUT2D eigenvalue weighted by Crippen LogP contribution is -2.51. The van der Waals surface area contributed by atoms with Crippen molar-refractivity contribution >= 4 is 31.9 Å². The lowest BCUT2D eigenvalue weighted by atomic mass is 10.1. The van der Waals surface area contributed by atoms with Crippen molar-refractivity contribution in [2.45, 2.75) is 30.8 Å². The highest BCUT2D eigenvalue weighted by Gasteiger charge is 2.29. The second-order valence-electron chi connectivity index (χ2n) is 6.03. The second-order valence-corrected chi connectivity index (χ2v) is 8.71. The molecule has 0 bridgehead atoms. The Morgan fingerprint density at radius 1 is 1.43 bits per heavy atom. The standard InChI is InChI=1S/C15H21BrN2O4S/c1-15(2)11-18(8-9-22-15)14(19)6-7-17-23(20,21)13-5-3-4-12(16)10-13/h3-5,10,17H,6-9,11H2,1-2H3. The number of hydrogen-bond donors (Lipinski definition) is 1. The molecule has 128 valence electrons. The van der Waals surface area contributed by atoms with E-state index in [4.69, 9.17) is 4.74 Å². The van der Waals surface area contributed by atoms with E-state index in [0.29, 0.717) is 24.2 Å². The lowest BCUT2D eigenvalue weighted by Gasteiger charge is -2.38. The molecule has 0 atom stereocenters. The van der Waals surface area contributed by atoms with Gasteiger partial charge in [0.25, 0.3) is 0 Å². The molecule has 1 heterocycles. The topological polar surface area (TPSA) is 75.7 Å². The molecule has 0 aromatic heterocycles. The summed E-state index contributed by atoms with van der Waals surface area (Å²) in [4.78, 5) is 14.1. The average Bonchev–Trinajstić information content (AvgIpc) is 2.46. The summed E-state index contributed by atoms with van der Waals surface area (Å²) < 4.78 is 33.1. The lowest BCUT2D eigenvalue weighted by molar-refractivity contribution is -0.145. The largest absolute Gasteiger partial charge is 0.372 e. The number of hydrogen-bond acceptors (Lipinski definition) is 4. The van der Waals surface area contributed by atoms with Crippen LogP contribution in [0.5, 0.6) is 0 Å². The van der Waals surface area contributed by atoms with Gasteiger partial charge in [-0.1, -0.05) is 22.0 Å². The van der Waals surface area contributed by atoms with E-state index in [0.717, 1.165) is 0 Å². The van der Waals surface area contributed by atoms with E-state index in [1.54, 1.807) is 17.0 Å². The Labute approximate surface area is 145 Å². The molecule has 8 heteroatoms. The van der Waals surface area contributed by atoms with E-state index in [1.807, 2.05) is 13.8 Å². The number of ether oxygens (including phenoxy) is 1. The highest BCUT2D eigenvalue weighted by Crippen LogP contribution is 2.18. The van der Waals surface area contributed by atoms with Crippen LogP contribution in [0.1, 0.15) is 20.3 Å². The van der Waals surface area contributed by atoms with Crippen molar-refractivity contribution in [3.8, 4) is 0 Å². The molecule has 1 aliphatic heterocycles. The molecule has 23 heavy (non-hydrogen) atoms. The molecule has 0 saturated carbocycles. The maximum atomic E-state index is 12.2. The van der Waals surface area contributed by atoms with E-state index in [1.165, 1.54) is 12.1 Å². The number of carbonyl (C=O) groups is 1. The van der Waals surface area contributed by atoms with Crippen molar-refractivity contribution in [1.29, 1.82) is 0 Å². The molecule has 2 rings (SSSR count). The van der Waals surface area contributed by atoms with Crippen molar-refractivity contribution in [3.05, 3.63) is 28.7 Å². The molecular weight excluding hydrogens is 384 g/mol. The normalized spacial score (nSPS) is 18.0. The molecule has 1 saturated heterocycles. The Hall–Kier alpha value is -0.960. The minimum Gasteiger partial charge on any atom is -0.372 e. The van der Waals surface area contributed by atoms with Gasteiger partial charge in [-0.3, -0.25) is 4.79 Å². The maximum Gasteiger partial charge on any atom is 0.240 e. The molecule has 1 fully saturated rings. The molecule has 1 aromatic rings. The van der Waals surface area contributed by atoms with Crippen LogP contribution in [0.15, 0.2) is 33.6 Å². The van der Waals surface area contributed by atoms with Crippen LogP contribution in [0.4, 0.5) is 0 Å². The zero-order valence-electron chi connectivity index (χ0n) is 13.2. The van der Waals surface area contributed by atoms with Crippen LogP contribution >= 0.6 is 15.9 Å². The summed E-state index contributed by atoms with van der Waals surface area (Å²) >= 11 is 3.24. The van der Waals surface area contributed by atoms with E-state index in [2.05, 4.69) is 20.7 Å². The number of rotatable bonds is 5. The van der Waals surface area contributed by atoms with Crippen LogP contribution in [-0.4, -0.2) is 51.1 Å². The molecule has 1 amide bonds. The molecule has 1 aromatic carbocycles. The number of nitrogens with one attached hydrogen (secondary N) is 1. The molecule has 0 unspecified atom stereocenters. The fourth-order valence-electron chi connectivity index (χ4n) is 2.40. The third-order valence-electron chi connectivity index (χ3n) is 3.52. The van der Waals surface area contributed by atoms with Crippen LogP contribution in [0.25, 0.3) is 0 Å². The first-order valence-electron chi connectivity index (χ1n) is 7.37. The van der Waals surface area contributed by atoms with Gasteiger partial charge in [-0.25, -0.2) is 13.1 Å². The fourth-order valence-corrected chi connectivity index (χ4v) is 4.03. The SMILES string of the molecule is CC1(C)CN(C(=O)CCNS(=O)(=O)c2cccc(Br)c2)CCO1. The third kappa shape index (κ3) is 5.27. The summed E-state index contributed by atoms with van der Waals surface area (Å²) in [6.07, 6.45) is 0.128. The number of benzene rings is 1. The monoisotopic (exact) mass is 404 g/mol. The summed E-state index contributed by atoms with van der Waals surface area (Å²) in [6, 6.07) is 6.44. The van der Waals surface area contributed by atoms with Gasteiger partial charge in [0, 0.05) is 30.5 Å². The zero-order valence-corrected chi connectivity index (χ0v) is 15.6. The highest BCUT2D eigenvalue weighted by atomic mass is 79.9. The van der Waals surface area contributed by atoms with Crippen LogP contribution in [-0.2, 0) is 19.6 Å². The van der Waals surface area contributed by atoms with Gasteiger partial charge < -0.3 is 9.64 Å². The summed E-state index contributed by atoms with van der Waals surface area (Å²) in [7, 11) is -3.61. The van der Waals surface area contributed by atoms with E-state index < -0.39 is 10.0 Å². The first kappa shape index (κ1) is 18.4. The number of morpholine rings is 1. The minimum absolute atomic E-state index is 0.0710. The Kier molecular flexibility index (Phi) is 5.83. The maximum absolute atomic E-state index is 12.2. The van der Waals surface area contributed by atoms with Crippen LogP contribution < -0.4 is 4.72 Å². The van der Waals surface area contributed by atoms with Gasteiger partial charge in [-0.2, -0.15) is 0 Å². The molecule has 0 radical (unpaired) electrons. The van der Waals surface area contributed by atoms with E-state index in [9.17, 15) is 13.2 Å². The minimum atomic E-state index is -3.61. The van der Waals surface area contributed by atoms with Gasteiger partial charge in [0.1, 0.15) is 0 Å². The molecule has 1 N–H and O–H groups in total. The van der Waals surface area contributed by atoms with Gasteiger partial charge in [0.05, 0.1) is 17.1 Å². The van der Waals surface area contributed by atoms with Gasteiger partial charge >= 0.3 is 0 Å². The third-order valence-corrected chi connectivity index (χ3v) is 5.47. The van der Waals surface area contributed by atoms with Crippen molar-refractivity contribution in [3.63, 3.8) is 0 Å². The van der Waals surface area contributed by atoms with Gasteiger partial charge in [0.15, 0.2) is 0 Å². The van der Waals surface area contributed by atoms with Gasteiger partial charge in [0.2, 0.25) is 15.9 Å². The fraction of sp³-hybridized carbons (Fsp3) is 0.533. The number of nitrogens with zero attached hydrogens (tertiary/aromatic N) is 1. The van der Waals surface area contributed by atoms with Crippen LogP contribution in [0, 0.1) is 0 Å². The summed E-state index contributed by atoms with van der Waals surface area (Å²) in [5, 5.41) is 0. The summed E-state index contributed by atoms with van der Waals surface area (Å²) in [5.74, 6) is -0.0710. The number of amides is 1. The van der Waals surface area contributed by atoms with Crippen LogP contribution in [0.3, 0.4) is 0 Å². The smallest absolute Gasteiger partial charge is 0.240 e. The second kappa shape index (κ2) is 7.29. The van der Waals surface area contributed by atoms with Crippen molar-refractivity contribution < 1.29 is 17.9 Å². The Morgan fingerprint density at radius 2 is 2.17 bits per heavy atom. The molecule has 6 nitrogen and oxygen atoms in total. The molecule has 0 spiro atoms. The van der Waals surface area contributed by atoms with Crippen LogP contribution in [0.2, 0.25) is 0 Å². The predicted molar refractivity (Wildman–Crippen MR) is 90.6 cm³/mol. The van der Waals surface area contributed by atoms with E-state index in [-0.39, 0.29) is 29.4 Å². The number of carbonyl (C=O) groups excluding carboxylic acids is 1. The summed E-state index contributed by atoms with van der Waals surface area (Å²) in [6.45, 7) is 5.50. The Morgan fingerprint density at radius 3 is 2.83 bits per heavy atom.